The van der Waals surface area contributed by atoms with Gasteiger partial charge in [0.2, 0.25) is 0 Å². The molecule has 2 aromatic heterocycles. The molecule has 0 saturated carbocycles. The van der Waals surface area contributed by atoms with Gasteiger partial charge in [0, 0.05) is 16.8 Å². The Hall–Kier alpha value is -1.19. The van der Waals surface area contributed by atoms with Crippen molar-refractivity contribution in [2.24, 2.45) is 0 Å². The first-order chi connectivity index (χ1) is 7.74. The predicted molar refractivity (Wildman–Crippen MR) is 68.9 cm³/mol. The first kappa shape index (κ1) is 11.3. The lowest BCUT2D eigenvalue weighted by Crippen LogP contribution is -2.18. The molecule has 1 atom stereocenters. The van der Waals surface area contributed by atoms with Crippen molar-refractivity contribution in [1.29, 1.82) is 0 Å². The van der Waals surface area contributed by atoms with E-state index >= 15 is 0 Å². The summed E-state index contributed by atoms with van der Waals surface area (Å²) in [6.07, 6.45) is 1.84. The van der Waals surface area contributed by atoms with E-state index in [0.29, 0.717) is 0 Å². The van der Waals surface area contributed by atoms with Crippen molar-refractivity contribution in [3.05, 3.63) is 51.5 Å². The molecule has 2 nitrogen and oxygen atoms in total. The van der Waals surface area contributed by atoms with Crippen molar-refractivity contribution in [3.8, 4) is 0 Å². The summed E-state index contributed by atoms with van der Waals surface area (Å²) in [6, 6.07) is 6.56. The van der Waals surface area contributed by atoms with E-state index in [2.05, 4.69) is 41.7 Å². The number of aryl methyl sites for hydroxylation is 2. The monoisotopic (exact) mass is 232 g/mol. The smallest absolute Gasteiger partial charge is 0.0689 e. The average molecular weight is 232 g/mol. The quantitative estimate of drug-likeness (QED) is 0.879. The summed E-state index contributed by atoms with van der Waals surface area (Å²) in [4.78, 5) is 5.73. The highest BCUT2D eigenvalue weighted by Crippen LogP contribution is 2.29. The summed E-state index contributed by atoms with van der Waals surface area (Å²) in [5.41, 5.74) is 3.69. The van der Waals surface area contributed by atoms with Crippen LogP contribution in [0.5, 0.6) is 0 Å². The molecule has 1 unspecified atom stereocenters. The minimum absolute atomic E-state index is 0.258. The van der Waals surface area contributed by atoms with Gasteiger partial charge in [0.1, 0.15) is 0 Å². The minimum atomic E-state index is 0.258. The maximum absolute atomic E-state index is 4.35. The molecule has 0 saturated heterocycles. The van der Waals surface area contributed by atoms with Gasteiger partial charge in [-0.15, -0.1) is 11.3 Å². The first-order valence-corrected chi connectivity index (χ1v) is 6.24. The van der Waals surface area contributed by atoms with Gasteiger partial charge in [-0.2, -0.15) is 0 Å². The van der Waals surface area contributed by atoms with Gasteiger partial charge in [0.25, 0.3) is 0 Å². The van der Waals surface area contributed by atoms with Gasteiger partial charge in [-0.3, -0.25) is 4.98 Å². The first-order valence-electron chi connectivity index (χ1n) is 5.37. The molecule has 2 heterocycles. The molecule has 1 N–H and O–H groups in total. The number of rotatable bonds is 3. The van der Waals surface area contributed by atoms with Gasteiger partial charge in [0.05, 0.1) is 6.04 Å². The fraction of sp³-hybridized carbons (Fsp3) is 0.308. The summed E-state index contributed by atoms with van der Waals surface area (Å²) in [5.74, 6) is 0. The highest BCUT2D eigenvalue weighted by Gasteiger charge is 2.17. The molecule has 0 amide bonds. The zero-order chi connectivity index (χ0) is 11.5. The van der Waals surface area contributed by atoms with Crippen molar-refractivity contribution in [2.75, 3.05) is 7.05 Å². The summed E-state index contributed by atoms with van der Waals surface area (Å²) in [5, 5.41) is 5.51. The van der Waals surface area contributed by atoms with Crippen LogP contribution in [-0.4, -0.2) is 12.0 Å². The Kier molecular flexibility index (Phi) is 3.36. The average Bonchev–Trinajstić information content (AvgIpc) is 2.69. The third kappa shape index (κ3) is 2.01. The molecule has 0 bridgehead atoms. The number of aromatic nitrogens is 1. The summed E-state index contributed by atoms with van der Waals surface area (Å²) in [7, 11) is 2.00. The zero-order valence-electron chi connectivity index (χ0n) is 9.82. The molecule has 0 spiro atoms. The van der Waals surface area contributed by atoms with Crippen molar-refractivity contribution in [3.63, 3.8) is 0 Å². The van der Waals surface area contributed by atoms with Gasteiger partial charge >= 0.3 is 0 Å². The molecule has 16 heavy (non-hydrogen) atoms. The summed E-state index contributed by atoms with van der Waals surface area (Å²) in [6.45, 7) is 4.21. The Bertz CT molecular complexity index is 476. The van der Waals surface area contributed by atoms with Crippen LogP contribution in [-0.2, 0) is 0 Å². The van der Waals surface area contributed by atoms with E-state index in [1.54, 1.807) is 11.3 Å². The lowest BCUT2D eigenvalue weighted by molar-refractivity contribution is 0.691. The Labute approximate surface area is 100 Å². The predicted octanol–water partition coefficient (Wildman–Crippen LogP) is 3.07. The summed E-state index contributed by atoms with van der Waals surface area (Å²) >= 11 is 1.80. The second-order valence-corrected chi connectivity index (χ2v) is 4.82. The van der Waals surface area contributed by atoms with E-state index in [-0.39, 0.29) is 6.04 Å². The molecule has 2 aromatic rings. The van der Waals surface area contributed by atoms with Gasteiger partial charge in [-0.25, -0.2) is 0 Å². The standard InChI is InChI=1S/C13H16N2S/c1-9-6-8-16-13(9)12(14-3)11-5-4-7-15-10(11)2/h4-8,12,14H,1-3H3. The molecule has 0 aromatic carbocycles. The molecule has 0 radical (unpaired) electrons. The number of hydrogen-bond acceptors (Lipinski definition) is 3. The molecular weight excluding hydrogens is 216 g/mol. The largest absolute Gasteiger partial charge is 0.309 e. The van der Waals surface area contributed by atoms with Crippen LogP contribution >= 0.6 is 11.3 Å². The molecule has 3 heteroatoms. The zero-order valence-corrected chi connectivity index (χ0v) is 10.6. The number of nitrogens with one attached hydrogen (secondary N) is 1. The number of hydrogen-bond donors (Lipinski definition) is 1. The fourth-order valence-electron chi connectivity index (χ4n) is 1.91. The normalized spacial score (nSPS) is 12.7. The van der Waals surface area contributed by atoms with Gasteiger partial charge < -0.3 is 5.32 Å². The van der Waals surface area contributed by atoms with Gasteiger partial charge in [0.15, 0.2) is 0 Å². The van der Waals surface area contributed by atoms with E-state index in [1.807, 2.05) is 19.3 Å². The van der Waals surface area contributed by atoms with Crippen LogP contribution in [0, 0.1) is 13.8 Å². The van der Waals surface area contributed by atoms with Crippen LogP contribution < -0.4 is 5.32 Å². The van der Waals surface area contributed by atoms with E-state index in [0.717, 1.165) is 5.69 Å². The van der Waals surface area contributed by atoms with Crippen molar-refractivity contribution in [2.45, 2.75) is 19.9 Å². The van der Waals surface area contributed by atoms with Crippen LogP contribution in [0.25, 0.3) is 0 Å². The van der Waals surface area contributed by atoms with E-state index in [4.69, 9.17) is 0 Å². The molecule has 2 rings (SSSR count). The Morgan fingerprint density at radius 3 is 2.69 bits per heavy atom. The molecule has 0 aliphatic heterocycles. The number of thiophene rings is 1. The van der Waals surface area contributed by atoms with E-state index in [9.17, 15) is 0 Å². The molecular formula is C13H16N2S. The lowest BCUT2D eigenvalue weighted by Gasteiger charge is -2.17. The minimum Gasteiger partial charge on any atom is -0.309 e. The van der Waals surface area contributed by atoms with Crippen LogP contribution in [0.15, 0.2) is 29.8 Å². The third-order valence-electron chi connectivity index (χ3n) is 2.81. The molecule has 0 aliphatic rings. The summed E-state index contributed by atoms with van der Waals surface area (Å²) < 4.78 is 0. The lowest BCUT2D eigenvalue weighted by atomic mass is 10.0. The molecule has 84 valence electrons. The van der Waals surface area contributed by atoms with Gasteiger partial charge in [-0.05, 0) is 49.5 Å². The van der Waals surface area contributed by atoms with Crippen LogP contribution in [0.3, 0.4) is 0 Å². The molecule has 0 fully saturated rings. The Balaban J connectivity index is 2.45. The van der Waals surface area contributed by atoms with E-state index < -0.39 is 0 Å². The second kappa shape index (κ2) is 4.76. The van der Waals surface area contributed by atoms with E-state index in [1.165, 1.54) is 16.0 Å². The Morgan fingerprint density at radius 1 is 1.31 bits per heavy atom. The second-order valence-electron chi connectivity index (χ2n) is 3.87. The van der Waals surface area contributed by atoms with Crippen LogP contribution in [0.1, 0.15) is 27.7 Å². The van der Waals surface area contributed by atoms with Crippen molar-refractivity contribution >= 4 is 11.3 Å². The SMILES string of the molecule is CNC(c1cccnc1C)c1sccc1C. The molecule has 0 aliphatic carbocycles. The highest BCUT2D eigenvalue weighted by molar-refractivity contribution is 7.10. The van der Waals surface area contributed by atoms with Crippen LogP contribution in [0.2, 0.25) is 0 Å². The van der Waals surface area contributed by atoms with Crippen LogP contribution in [0.4, 0.5) is 0 Å². The number of pyridine rings is 1. The fourth-order valence-corrected chi connectivity index (χ4v) is 2.96. The Morgan fingerprint density at radius 2 is 2.12 bits per heavy atom. The van der Waals surface area contributed by atoms with Crippen molar-refractivity contribution in [1.82, 2.24) is 10.3 Å². The number of nitrogens with zero attached hydrogens (tertiary/aromatic N) is 1. The maximum atomic E-state index is 4.35. The topological polar surface area (TPSA) is 24.9 Å². The van der Waals surface area contributed by atoms with Crippen molar-refractivity contribution < 1.29 is 0 Å². The van der Waals surface area contributed by atoms with Gasteiger partial charge in [-0.1, -0.05) is 6.07 Å². The highest BCUT2D eigenvalue weighted by atomic mass is 32.1. The maximum Gasteiger partial charge on any atom is 0.0689 e. The third-order valence-corrected chi connectivity index (χ3v) is 3.90.